The Labute approximate surface area is 134 Å². The number of anilines is 1. The number of carbonyl (C=O) groups excluding carboxylic acids is 1. The Balaban J connectivity index is 2.21. The van der Waals surface area contributed by atoms with Crippen LogP contribution < -0.4 is 5.32 Å². The summed E-state index contributed by atoms with van der Waals surface area (Å²) in [5, 5.41) is 8.05. The molecule has 1 aromatic carbocycles. The minimum Gasteiger partial charge on any atom is -0.322 e. The molecule has 0 aliphatic heterocycles. The van der Waals surface area contributed by atoms with Gasteiger partial charge in [-0.3, -0.25) is 9.48 Å². The number of aryl methyl sites for hydroxylation is 2. The van der Waals surface area contributed by atoms with Gasteiger partial charge in [0.1, 0.15) is 5.15 Å². The van der Waals surface area contributed by atoms with Crippen LogP contribution in [0.25, 0.3) is 0 Å². The van der Waals surface area contributed by atoms with Gasteiger partial charge in [-0.15, -0.1) is 0 Å². The highest BCUT2D eigenvalue weighted by Crippen LogP contribution is 2.22. The lowest BCUT2D eigenvalue weighted by atomic mass is 10.2. The Bertz CT molecular complexity index is 652. The molecule has 1 aromatic heterocycles. The molecule has 1 N–H and O–H groups in total. The molecule has 1 heterocycles. The fraction of sp³-hybridized carbons (Fsp3) is 0.333. The molecule has 0 saturated carbocycles. The Morgan fingerprint density at radius 1 is 1.38 bits per heavy atom. The van der Waals surface area contributed by atoms with Crippen LogP contribution in [0.1, 0.15) is 35.8 Å². The second kappa shape index (κ2) is 6.96. The maximum absolute atomic E-state index is 12.4. The number of nitrogens with one attached hydrogen (secondary N) is 1. The third kappa shape index (κ3) is 3.77. The van der Waals surface area contributed by atoms with Crippen LogP contribution in [0.2, 0.25) is 10.2 Å². The van der Waals surface area contributed by atoms with Crippen molar-refractivity contribution >= 4 is 34.8 Å². The number of rotatable bonds is 5. The lowest BCUT2D eigenvalue weighted by Gasteiger charge is -2.06. The monoisotopic (exact) mass is 325 g/mol. The number of aromatic nitrogens is 2. The van der Waals surface area contributed by atoms with Crippen LogP contribution in [0.4, 0.5) is 5.69 Å². The summed E-state index contributed by atoms with van der Waals surface area (Å²) in [6, 6.07) is 6.98. The molecule has 2 aromatic rings. The number of hydrogen-bond donors (Lipinski definition) is 1. The van der Waals surface area contributed by atoms with E-state index >= 15 is 0 Å². The standard InChI is InChI=1S/C15H17Cl2N3O/c1-3-4-8-20-14(17)13(10(2)19-20)15(21)18-12-7-5-6-11(16)9-12/h5-7,9H,3-4,8H2,1-2H3,(H,18,21). The minimum absolute atomic E-state index is 0.275. The number of halogens is 2. The van der Waals surface area contributed by atoms with Crippen molar-refractivity contribution in [2.45, 2.75) is 33.2 Å². The van der Waals surface area contributed by atoms with E-state index in [1.165, 1.54) is 0 Å². The number of unbranched alkanes of at least 4 members (excludes halogenated alkanes) is 1. The van der Waals surface area contributed by atoms with Gasteiger partial charge in [0.15, 0.2) is 0 Å². The van der Waals surface area contributed by atoms with Gasteiger partial charge in [0.25, 0.3) is 5.91 Å². The second-order valence-electron chi connectivity index (χ2n) is 4.79. The van der Waals surface area contributed by atoms with E-state index in [9.17, 15) is 4.79 Å². The van der Waals surface area contributed by atoms with Crippen molar-refractivity contribution in [2.24, 2.45) is 0 Å². The van der Waals surface area contributed by atoms with E-state index in [2.05, 4.69) is 17.3 Å². The summed E-state index contributed by atoms with van der Waals surface area (Å²) in [6.07, 6.45) is 2.01. The molecule has 21 heavy (non-hydrogen) atoms. The SMILES string of the molecule is CCCCn1nc(C)c(C(=O)Nc2cccc(Cl)c2)c1Cl. The van der Waals surface area contributed by atoms with Crippen molar-refractivity contribution < 1.29 is 4.79 Å². The summed E-state index contributed by atoms with van der Waals surface area (Å²) >= 11 is 12.2. The van der Waals surface area contributed by atoms with Crippen molar-refractivity contribution in [1.29, 1.82) is 0 Å². The van der Waals surface area contributed by atoms with Crippen LogP contribution in [0.5, 0.6) is 0 Å². The van der Waals surface area contributed by atoms with Crippen molar-refractivity contribution in [3.63, 3.8) is 0 Å². The summed E-state index contributed by atoms with van der Waals surface area (Å²) in [7, 11) is 0. The zero-order valence-electron chi connectivity index (χ0n) is 12.0. The van der Waals surface area contributed by atoms with Crippen LogP contribution in [0.3, 0.4) is 0 Å². The molecule has 1 amide bonds. The first-order chi connectivity index (χ1) is 10.0. The van der Waals surface area contributed by atoms with E-state index in [0.717, 1.165) is 12.8 Å². The molecular formula is C15H17Cl2N3O. The minimum atomic E-state index is -0.275. The van der Waals surface area contributed by atoms with Gasteiger partial charge in [0.05, 0.1) is 11.3 Å². The number of amides is 1. The largest absolute Gasteiger partial charge is 0.322 e. The number of benzene rings is 1. The first-order valence-corrected chi connectivity index (χ1v) is 7.58. The van der Waals surface area contributed by atoms with Crippen LogP contribution in [-0.4, -0.2) is 15.7 Å². The molecule has 0 atom stereocenters. The first kappa shape index (κ1) is 15.9. The summed E-state index contributed by atoms with van der Waals surface area (Å²) in [5.41, 5.74) is 1.66. The van der Waals surface area contributed by atoms with Gasteiger partial charge in [0, 0.05) is 17.3 Å². The molecular weight excluding hydrogens is 309 g/mol. The normalized spacial score (nSPS) is 10.7. The van der Waals surface area contributed by atoms with Gasteiger partial charge in [-0.1, -0.05) is 42.6 Å². The third-order valence-corrected chi connectivity index (χ3v) is 3.72. The van der Waals surface area contributed by atoms with E-state index in [0.29, 0.717) is 33.7 Å². The molecule has 4 nitrogen and oxygen atoms in total. The fourth-order valence-electron chi connectivity index (χ4n) is 2.03. The maximum Gasteiger partial charge on any atom is 0.260 e. The third-order valence-electron chi connectivity index (χ3n) is 3.10. The molecule has 112 valence electrons. The van der Waals surface area contributed by atoms with Crippen LogP contribution >= 0.6 is 23.2 Å². The van der Waals surface area contributed by atoms with Gasteiger partial charge in [-0.25, -0.2) is 0 Å². The molecule has 6 heteroatoms. The van der Waals surface area contributed by atoms with E-state index in [1.54, 1.807) is 35.9 Å². The smallest absolute Gasteiger partial charge is 0.260 e. The molecule has 0 spiro atoms. The van der Waals surface area contributed by atoms with Gasteiger partial charge in [0.2, 0.25) is 0 Å². The topological polar surface area (TPSA) is 46.9 Å². The molecule has 0 fully saturated rings. The van der Waals surface area contributed by atoms with Crippen molar-refractivity contribution in [3.8, 4) is 0 Å². The van der Waals surface area contributed by atoms with Gasteiger partial charge in [-0.2, -0.15) is 5.10 Å². The average Bonchev–Trinajstić information content (AvgIpc) is 2.71. The molecule has 0 radical (unpaired) electrons. The van der Waals surface area contributed by atoms with E-state index in [1.807, 2.05) is 0 Å². The molecule has 0 aliphatic rings. The molecule has 0 aliphatic carbocycles. The molecule has 0 saturated heterocycles. The number of nitrogens with zero attached hydrogens (tertiary/aromatic N) is 2. The highest BCUT2D eigenvalue weighted by Gasteiger charge is 2.20. The van der Waals surface area contributed by atoms with Gasteiger partial charge >= 0.3 is 0 Å². The zero-order valence-corrected chi connectivity index (χ0v) is 13.5. The van der Waals surface area contributed by atoms with Crippen molar-refractivity contribution in [3.05, 3.63) is 45.7 Å². The summed E-state index contributed by atoms with van der Waals surface area (Å²) in [5.74, 6) is -0.275. The van der Waals surface area contributed by atoms with E-state index in [-0.39, 0.29) is 5.91 Å². The van der Waals surface area contributed by atoms with Crippen LogP contribution in [0.15, 0.2) is 24.3 Å². The Hall–Kier alpha value is -1.52. The molecule has 0 unspecified atom stereocenters. The predicted octanol–water partition coefficient (Wildman–Crippen LogP) is 4.55. The van der Waals surface area contributed by atoms with Crippen LogP contribution in [0, 0.1) is 6.92 Å². The summed E-state index contributed by atoms with van der Waals surface area (Å²) in [4.78, 5) is 12.4. The zero-order chi connectivity index (χ0) is 15.4. The first-order valence-electron chi connectivity index (χ1n) is 6.82. The number of hydrogen-bond acceptors (Lipinski definition) is 2. The van der Waals surface area contributed by atoms with Crippen LogP contribution in [-0.2, 0) is 6.54 Å². The van der Waals surface area contributed by atoms with E-state index in [4.69, 9.17) is 23.2 Å². The molecule has 2 rings (SSSR count). The summed E-state index contributed by atoms with van der Waals surface area (Å²) in [6.45, 7) is 4.58. The average molecular weight is 326 g/mol. The maximum atomic E-state index is 12.4. The Kier molecular flexibility index (Phi) is 5.26. The quantitative estimate of drug-likeness (QED) is 0.876. The fourth-order valence-corrected chi connectivity index (χ4v) is 2.56. The second-order valence-corrected chi connectivity index (χ2v) is 5.59. The lowest BCUT2D eigenvalue weighted by Crippen LogP contribution is -2.13. The van der Waals surface area contributed by atoms with Gasteiger partial charge in [-0.05, 0) is 31.5 Å². The highest BCUT2D eigenvalue weighted by atomic mass is 35.5. The lowest BCUT2D eigenvalue weighted by molar-refractivity contribution is 0.102. The van der Waals surface area contributed by atoms with E-state index < -0.39 is 0 Å². The van der Waals surface area contributed by atoms with Gasteiger partial charge < -0.3 is 5.32 Å². The Morgan fingerprint density at radius 2 is 2.14 bits per heavy atom. The highest BCUT2D eigenvalue weighted by molar-refractivity contribution is 6.34. The number of carbonyl (C=O) groups is 1. The molecule has 0 bridgehead atoms. The van der Waals surface area contributed by atoms with Crippen molar-refractivity contribution in [2.75, 3.05) is 5.32 Å². The predicted molar refractivity (Wildman–Crippen MR) is 86.3 cm³/mol. The Morgan fingerprint density at radius 3 is 2.81 bits per heavy atom. The van der Waals surface area contributed by atoms with Crippen molar-refractivity contribution in [1.82, 2.24) is 9.78 Å². The summed E-state index contributed by atoms with van der Waals surface area (Å²) < 4.78 is 1.67.